The third-order valence-electron chi connectivity index (χ3n) is 9.71. The molecule has 3 aromatic carbocycles. The van der Waals surface area contributed by atoms with Crippen LogP contribution in [-0.2, 0) is 66.6 Å². The van der Waals surface area contributed by atoms with Crippen molar-refractivity contribution in [3.63, 3.8) is 0 Å². The van der Waals surface area contributed by atoms with E-state index in [9.17, 15) is 36.7 Å². The first-order chi connectivity index (χ1) is 29.3. The average Bonchev–Trinajstić information content (AvgIpc) is 4.00. The lowest BCUT2D eigenvalue weighted by molar-refractivity contribution is -0.166. The number of carbonyl (C=O) groups excluding carboxylic acids is 3. The molecule has 14 nitrogen and oxygen atoms in total. The van der Waals surface area contributed by atoms with Gasteiger partial charge < -0.3 is 34.5 Å². The fourth-order valence-electron chi connectivity index (χ4n) is 6.73. The van der Waals surface area contributed by atoms with Crippen molar-refractivity contribution in [2.45, 2.75) is 96.6 Å². The monoisotopic (exact) mass is 937 g/mol. The Bertz CT molecular complexity index is 2300. The molecular weight excluding hydrogens is 889 g/mol. The van der Waals surface area contributed by atoms with E-state index in [1.165, 1.54) is 72.7 Å². The van der Waals surface area contributed by atoms with E-state index in [0.717, 1.165) is 30.3 Å². The second kappa shape index (κ2) is 19.7. The molecule has 3 aromatic rings. The van der Waals surface area contributed by atoms with Crippen LogP contribution in [0.5, 0.6) is 0 Å². The molecule has 0 saturated carbocycles. The molecule has 1 aliphatic heterocycles. The Balaban J connectivity index is 1.70. The largest absolute Gasteiger partial charge is 0.442 e. The molecule has 0 saturated heterocycles. The standard InChI is InChI=1S/C40H48F7N5O9P2/c1-8-58-62(56,59-9-2)38(41,42)30-14-12-26(18-24(30)6)20-32(34(48)53)49-36(55)33(50-35(54)28-16-23(5)17-29(22-28)37(51-52-37)40(45,46)47)21-27-13-15-31(25(7)19-27)39(43,44)63(57,60-10-3)61-11-4/h12-19,22,32-33H,8-11,20-21H2,1-7H3,(H2,48,53)(H,49,55)(H,50,54)/t32-,33-/m0/s1. The van der Waals surface area contributed by atoms with Crippen LogP contribution in [0.15, 0.2) is 64.8 Å². The zero-order valence-electron chi connectivity index (χ0n) is 35.3. The van der Waals surface area contributed by atoms with E-state index in [-0.39, 0.29) is 66.2 Å². The summed E-state index contributed by atoms with van der Waals surface area (Å²) in [5.41, 5.74) is -7.36. The first-order valence-electron chi connectivity index (χ1n) is 19.5. The molecule has 4 N–H and O–H groups in total. The number of primary amides is 1. The summed E-state index contributed by atoms with van der Waals surface area (Å²) in [5.74, 6) is -3.24. The van der Waals surface area contributed by atoms with Crippen LogP contribution in [0.25, 0.3) is 0 Å². The minimum atomic E-state index is -5.03. The van der Waals surface area contributed by atoms with Crippen LogP contribution in [0.3, 0.4) is 0 Å². The second-order valence-corrected chi connectivity index (χ2v) is 18.5. The molecule has 1 aliphatic rings. The number of nitrogens with zero attached hydrogens (tertiary/aromatic N) is 2. The number of carbonyl (C=O) groups is 3. The second-order valence-electron chi connectivity index (χ2n) is 14.4. The van der Waals surface area contributed by atoms with Crippen molar-refractivity contribution in [1.29, 1.82) is 0 Å². The van der Waals surface area contributed by atoms with Gasteiger partial charge in [0.1, 0.15) is 12.1 Å². The Morgan fingerprint density at radius 2 is 1.10 bits per heavy atom. The maximum Gasteiger partial charge on any atom is 0.442 e. The molecule has 0 radical (unpaired) electrons. The number of benzene rings is 3. The summed E-state index contributed by atoms with van der Waals surface area (Å²) in [5, 5.41) is 11.2. The van der Waals surface area contributed by atoms with E-state index < -0.39 is 91.3 Å². The minimum absolute atomic E-state index is 0.0864. The smallest absolute Gasteiger partial charge is 0.368 e. The average molecular weight is 938 g/mol. The lowest BCUT2D eigenvalue weighted by atomic mass is 9.96. The highest BCUT2D eigenvalue weighted by Crippen LogP contribution is 2.68. The van der Waals surface area contributed by atoms with E-state index in [1.807, 2.05) is 0 Å². The number of aryl methyl sites for hydroxylation is 3. The van der Waals surface area contributed by atoms with Crippen molar-refractivity contribution in [1.82, 2.24) is 10.6 Å². The lowest BCUT2D eigenvalue weighted by Gasteiger charge is -2.27. The summed E-state index contributed by atoms with van der Waals surface area (Å²) >= 11 is 0. The highest BCUT2D eigenvalue weighted by Gasteiger charge is 2.65. The number of hydrogen-bond acceptors (Lipinski definition) is 11. The predicted octanol–water partition coefficient (Wildman–Crippen LogP) is 8.98. The number of halogens is 7. The molecule has 0 fully saturated rings. The van der Waals surface area contributed by atoms with Gasteiger partial charge in [-0.1, -0.05) is 42.5 Å². The number of alkyl halides is 7. The molecule has 3 amide bonds. The minimum Gasteiger partial charge on any atom is -0.368 e. The van der Waals surface area contributed by atoms with E-state index in [0.29, 0.717) is 0 Å². The van der Waals surface area contributed by atoms with Crippen LogP contribution in [0.1, 0.15) is 82.6 Å². The molecule has 23 heteroatoms. The summed E-state index contributed by atoms with van der Waals surface area (Å²) in [7, 11) is -10.0. The quantitative estimate of drug-likeness (QED) is 0.0650. The Kier molecular flexibility index (Phi) is 16.0. The van der Waals surface area contributed by atoms with E-state index in [1.54, 1.807) is 0 Å². The highest BCUT2D eigenvalue weighted by molar-refractivity contribution is 7.55. The van der Waals surface area contributed by atoms with Gasteiger partial charge in [0.25, 0.3) is 5.91 Å². The van der Waals surface area contributed by atoms with Crippen molar-refractivity contribution >= 4 is 32.9 Å². The van der Waals surface area contributed by atoms with Crippen molar-refractivity contribution < 1.29 is 72.3 Å². The van der Waals surface area contributed by atoms with Gasteiger partial charge in [-0.3, -0.25) is 23.5 Å². The molecule has 0 bridgehead atoms. The van der Waals surface area contributed by atoms with Crippen molar-refractivity contribution in [2.75, 3.05) is 26.4 Å². The molecule has 0 unspecified atom stereocenters. The summed E-state index contributed by atoms with van der Waals surface area (Å²) in [6, 6.07) is 6.70. The normalized spacial score (nSPS) is 15.1. The van der Waals surface area contributed by atoms with Gasteiger partial charge in [0.2, 0.25) is 11.8 Å². The van der Waals surface area contributed by atoms with Gasteiger partial charge in [-0.15, -0.1) is 10.2 Å². The van der Waals surface area contributed by atoms with Crippen molar-refractivity contribution in [3.05, 3.63) is 105 Å². The number of nitrogens with one attached hydrogen (secondary N) is 2. The summed E-state index contributed by atoms with van der Waals surface area (Å²) in [6.07, 6.45) is -5.79. The Morgan fingerprint density at radius 3 is 1.46 bits per heavy atom. The van der Waals surface area contributed by atoms with Crippen LogP contribution in [0.2, 0.25) is 0 Å². The number of nitrogens with two attached hydrogens (primary N) is 1. The van der Waals surface area contributed by atoms with Gasteiger partial charge in [-0.2, -0.15) is 30.7 Å². The lowest BCUT2D eigenvalue weighted by Crippen LogP contribution is -2.54. The number of amides is 3. The highest BCUT2D eigenvalue weighted by atomic mass is 31.2. The van der Waals surface area contributed by atoms with Crippen molar-refractivity contribution in [2.24, 2.45) is 16.0 Å². The SMILES string of the molecule is CCOP(=O)(OCC)C(F)(F)c1ccc(C[C@H](NC(=O)[C@H](Cc2ccc(C(F)(F)P(=O)(OCC)OCC)c(C)c2)NC(=O)c2cc(C)cc(C3(C(F)(F)F)N=N3)c2)C(N)=O)cc1C. The van der Waals surface area contributed by atoms with Crippen LogP contribution in [-0.4, -0.2) is 62.4 Å². The molecular formula is C40H48F7N5O9P2. The molecule has 346 valence electrons. The third-order valence-corrected chi connectivity index (χ3v) is 14.0. The van der Waals surface area contributed by atoms with Gasteiger partial charge in [0.05, 0.1) is 26.4 Å². The van der Waals surface area contributed by atoms with Crippen molar-refractivity contribution in [3.8, 4) is 0 Å². The molecule has 0 aromatic heterocycles. The molecule has 63 heavy (non-hydrogen) atoms. The number of rotatable bonds is 22. The molecule has 1 heterocycles. The van der Waals surface area contributed by atoms with Gasteiger partial charge in [-0.25, -0.2) is 0 Å². The van der Waals surface area contributed by atoms with Gasteiger partial charge in [-0.05, 0) is 88.4 Å². The topological polar surface area (TPSA) is 197 Å². The van der Waals surface area contributed by atoms with Crippen LogP contribution < -0.4 is 16.4 Å². The van der Waals surface area contributed by atoms with Gasteiger partial charge in [0, 0.05) is 35.1 Å². The first kappa shape index (κ1) is 51.1. The molecule has 2 atom stereocenters. The van der Waals surface area contributed by atoms with Crippen LogP contribution >= 0.6 is 15.2 Å². The van der Waals surface area contributed by atoms with E-state index >= 15 is 17.6 Å². The molecule has 0 spiro atoms. The summed E-state index contributed by atoms with van der Waals surface area (Å²) in [6.45, 7) is 8.01. The first-order valence-corrected chi connectivity index (χ1v) is 22.6. The van der Waals surface area contributed by atoms with E-state index in [4.69, 9.17) is 23.8 Å². The summed E-state index contributed by atoms with van der Waals surface area (Å²) < 4.78 is 150. The third kappa shape index (κ3) is 10.9. The number of hydrogen-bond donors (Lipinski definition) is 3. The van der Waals surface area contributed by atoms with Gasteiger partial charge >= 0.3 is 38.4 Å². The molecule has 4 rings (SSSR count). The van der Waals surface area contributed by atoms with Crippen LogP contribution in [0.4, 0.5) is 30.7 Å². The Hall–Kier alpha value is -4.52. The zero-order chi connectivity index (χ0) is 47.3. The van der Waals surface area contributed by atoms with Crippen LogP contribution in [0, 0.1) is 20.8 Å². The summed E-state index contributed by atoms with van der Waals surface area (Å²) in [4.78, 5) is 40.6. The maximum absolute atomic E-state index is 15.7. The van der Waals surface area contributed by atoms with Gasteiger partial charge in [0.15, 0.2) is 0 Å². The predicted molar refractivity (Wildman–Crippen MR) is 215 cm³/mol. The Morgan fingerprint density at radius 1 is 0.667 bits per heavy atom. The van der Waals surface area contributed by atoms with E-state index in [2.05, 4.69) is 20.9 Å². The fourth-order valence-corrected chi connectivity index (χ4v) is 9.98. The molecule has 0 aliphatic carbocycles. The Labute approximate surface area is 358 Å². The maximum atomic E-state index is 15.7. The zero-order valence-corrected chi connectivity index (χ0v) is 37.1. The fraction of sp³-hybridized carbons (Fsp3) is 0.475.